The summed E-state index contributed by atoms with van der Waals surface area (Å²) in [6.45, 7) is 3.29. The average molecular weight is 1420 g/mol. The maximum atomic E-state index is 14.5. The Morgan fingerprint density at radius 1 is 0.804 bits per heavy atom. The number of pyridine rings is 1. The molecule has 0 bridgehead atoms. The number of hydrogen-bond acceptors (Lipinski definition) is 21. The predicted octanol–water partition coefficient (Wildman–Crippen LogP) is 0.324. The number of piperazine rings is 1. The van der Waals surface area contributed by atoms with Gasteiger partial charge in [-0.2, -0.15) is 11.8 Å². The van der Waals surface area contributed by atoms with Crippen LogP contribution in [0.25, 0.3) is 10.9 Å². The Labute approximate surface area is 550 Å². The summed E-state index contributed by atoms with van der Waals surface area (Å²) in [5.41, 5.74) is 1.79. The van der Waals surface area contributed by atoms with Gasteiger partial charge in [0.1, 0.15) is 31.3 Å². The number of alkyl halides is 2. The molecule has 3 saturated heterocycles. The van der Waals surface area contributed by atoms with Crippen LogP contribution >= 0.6 is 34.4 Å². The minimum absolute atomic E-state index is 0.00224. The monoisotopic (exact) mass is 1420 g/mol. The van der Waals surface area contributed by atoms with Crippen LogP contribution in [0.15, 0.2) is 54.7 Å². The zero-order valence-corrected chi connectivity index (χ0v) is 54.4. The van der Waals surface area contributed by atoms with Gasteiger partial charge in [0, 0.05) is 131 Å². The number of carbonyl (C=O) groups is 10. The molecular formula is C61H81F2IN12O15S. The van der Waals surface area contributed by atoms with Crippen molar-refractivity contribution in [2.75, 3.05) is 156 Å². The van der Waals surface area contributed by atoms with Crippen molar-refractivity contribution < 1.29 is 80.8 Å². The molecule has 6 amide bonds. The van der Waals surface area contributed by atoms with Crippen LogP contribution in [-0.2, 0) is 63.8 Å². The molecule has 4 heterocycles. The number of likely N-dealkylation sites (tertiary alicyclic amines) is 1. The molecule has 3 atom stereocenters. The molecule has 3 fully saturated rings. The van der Waals surface area contributed by atoms with Crippen molar-refractivity contribution in [2.24, 2.45) is 0 Å². The molecule has 6 rings (SSSR count). The van der Waals surface area contributed by atoms with Crippen molar-refractivity contribution in [2.45, 2.75) is 62.6 Å². The van der Waals surface area contributed by atoms with Crippen molar-refractivity contribution >= 4 is 106 Å². The average Bonchev–Trinajstić information content (AvgIpc) is 1.32. The van der Waals surface area contributed by atoms with Crippen LogP contribution in [0.5, 0.6) is 5.75 Å². The van der Waals surface area contributed by atoms with E-state index >= 15 is 0 Å². The number of nitrogens with zero attached hydrogens (tertiary/aromatic N) is 8. The summed E-state index contributed by atoms with van der Waals surface area (Å²) < 4.78 is 50.2. The van der Waals surface area contributed by atoms with Crippen LogP contribution in [0.2, 0.25) is 0 Å². The molecule has 1 aromatic heterocycles. The summed E-state index contributed by atoms with van der Waals surface area (Å²) in [7, 11) is 1.16. The number of aromatic nitrogens is 1. The standard InChI is InChI=1S/C61H81F2IN12O15S/c1-3-46-34-61(62,63)39-76(46)55(81)35-67-58(85)48-14-15-65-50-13-12-47(32-49(48)50)91-30-5-17-70-26-28-75(29-27-70)60(87)51(33-57(84)88-2)69-59(86)52(38-92-31-16-66-53(79)7-4-6-44-8-10-45(64)11-9-44)68-54(80)36-71-18-19-72(37-56(82)83)21-23-74(41-90-43-78)25-24-73(22-20-71)40-89-42-77/h1,8-15,32,42-43,46,51-52H,4-7,16-31,33-41H2,2H3,(H,66,79)(H,67,85)(H,68,80)(H,69,86)(H,82,83)/t46-,51-,52-/m0/s1. The number of aliphatic carboxylic acids is 1. The summed E-state index contributed by atoms with van der Waals surface area (Å²) in [6, 6.07) is 10.8. The number of ether oxygens (including phenoxy) is 4. The number of nitrogens with one attached hydrogen (secondary N) is 4. The third-order valence-electron chi connectivity index (χ3n) is 15.5. The van der Waals surface area contributed by atoms with Crippen molar-refractivity contribution in [1.82, 2.24) is 60.6 Å². The van der Waals surface area contributed by atoms with Gasteiger partial charge in [-0.1, -0.05) is 18.1 Å². The first-order chi connectivity index (χ1) is 44.3. The predicted molar refractivity (Wildman–Crippen MR) is 342 cm³/mol. The fourth-order valence-electron chi connectivity index (χ4n) is 10.5. The first-order valence-electron chi connectivity index (χ1n) is 30.2. The van der Waals surface area contributed by atoms with Gasteiger partial charge in [-0.05, 0) is 83.8 Å². The minimum atomic E-state index is -3.13. The number of carboxylic acids is 1. The first kappa shape index (κ1) is 73.7. The van der Waals surface area contributed by atoms with Crippen LogP contribution in [-0.4, -0.2) is 285 Å². The number of aryl methyl sites for hydroxylation is 1. The lowest BCUT2D eigenvalue weighted by Gasteiger charge is -2.36. The number of fused-ring (bicyclic) bond motifs is 1. The quantitative estimate of drug-likeness (QED) is 0.0137. The third-order valence-corrected chi connectivity index (χ3v) is 17.3. The minimum Gasteiger partial charge on any atom is -0.494 e. The highest BCUT2D eigenvalue weighted by molar-refractivity contribution is 14.1. The van der Waals surface area contributed by atoms with Gasteiger partial charge in [-0.15, -0.1) is 6.42 Å². The molecule has 0 radical (unpaired) electrons. The number of terminal acetylenes is 1. The van der Waals surface area contributed by atoms with Gasteiger partial charge in [0.25, 0.3) is 24.8 Å². The molecule has 31 heteroatoms. The summed E-state index contributed by atoms with van der Waals surface area (Å²) in [5, 5.41) is 21.2. The van der Waals surface area contributed by atoms with Gasteiger partial charge in [-0.25, -0.2) is 8.78 Å². The highest BCUT2D eigenvalue weighted by Gasteiger charge is 2.46. The normalized spacial score (nSPS) is 17.8. The van der Waals surface area contributed by atoms with Crippen molar-refractivity contribution in [1.29, 1.82) is 0 Å². The van der Waals surface area contributed by atoms with E-state index < -0.39 is 91.5 Å². The fraction of sp³-hybridized carbons (Fsp3) is 0.557. The lowest BCUT2D eigenvalue weighted by atomic mass is 10.1. The Kier molecular flexibility index (Phi) is 30.9. The van der Waals surface area contributed by atoms with E-state index in [4.69, 9.17) is 25.4 Å². The van der Waals surface area contributed by atoms with Crippen molar-refractivity contribution in [3.63, 3.8) is 0 Å². The number of hydrogen-bond donors (Lipinski definition) is 5. The van der Waals surface area contributed by atoms with Crippen LogP contribution in [0.3, 0.4) is 0 Å². The highest BCUT2D eigenvalue weighted by atomic mass is 127. The van der Waals surface area contributed by atoms with Crippen LogP contribution in [0, 0.1) is 15.9 Å². The van der Waals surface area contributed by atoms with Crippen LogP contribution < -0.4 is 26.0 Å². The van der Waals surface area contributed by atoms with E-state index in [9.17, 15) is 61.8 Å². The van der Waals surface area contributed by atoms with Crippen molar-refractivity contribution in [3.8, 4) is 18.1 Å². The number of carbonyl (C=O) groups excluding carboxylic acids is 9. The topological polar surface area (TPSA) is 312 Å². The lowest BCUT2D eigenvalue weighted by Crippen LogP contribution is -2.59. The Morgan fingerprint density at radius 3 is 2.08 bits per heavy atom. The summed E-state index contributed by atoms with van der Waals surface area (Å²) >= 11 is 3.51. The number of thioether (sulfide) groups is 1. The largest absolute Gasteiger partial charge is 0.494 e. The van der Waals surface area contributed by atoms with E-state index in [0.29, 0.717) is 93.9 Å². The zero-order chi connectivity index (χ0) is 66.4. The second kappa shape index (κ2) is 38.6. The van der Waals surface area contributed by atoms with E-state index in [2.05, 4.69) is 59.7 Å². The summed E-state index contributed by atoms with van der Waals surface area (Å²) in [5.74, 6) is -5.33. The molecule has 0 saturated carbocycles. The number of esters is 1. The molecule has 3 aliphatic rings. The highest BCUT2D eigenvalue weighted by Crippen LogP contribution is 2.32. The number of amides is 6. The molecule has 0 unspecified atom stereocenters. The second-order valence-corrected chi connectivity index (χ2v) is 24.6. The van der Waals surface area contributed by atoms with E-state index in [0.717, 1.165) is 27.6 Å². The number of halogens is 3. The molecule has 92 heavy (non-hydrogen) atoms. The molecule has 0 spiro atoms. The van der Waals surface area contributed by atoms with Gasteiger partial charge in [0.15, 0.2) is 0 Å². The second-order valence-electron chi connectivity index (χ2n) is 22.2. The van der Waals surface area contributed by atoms with Gasteiger partial charge >= 0.3 is 11.9 Å². The lowest BCUT2D eigenvalue weighted by molar-refractivity contribution is -0.147. The third kappa shape index (κ3) is 25.3. The van der Waals surface area contributed by atoms with E-state index in [1.54, 1.807) is 32.9 Å². The van der Waals surface area contributed by atoms with Gasteiger partial charge in [0.2, 0.25) is 29.5 Å². The molecule has 502 valence electrons. The van der Waals surface area contributed by atoms with Gasteiger partial charge in [-0.3, -0.25) is 77.4 Å². The molecule has 27 nitrogen and oxygen atoms in total. The number of rotatable bonds is 33. The number of benzene rings is 2. The molecule has 2 aromatic carbocycles. The van der Waals surface area contributed by atoms with Gasteiger partial charge < -0.3 is 55.1 Å². The number of methoxy groups -OCH3 is 1. The molecule has 5 N–H and O–H groups in total. The Morgan fingerprint density at radius 2 is 1.45 bits per heavy atom. The maximum absolute atomic E-state index is 14.5. The Hall–Kier alpha value is -7.35. The van der Waals surface area contributed by atoms with Gasteiger partial charge in [0.05, 0.1) is 63.4 Å². The molecular weight excluding hydrogens is 1340 g/mol. The smallest absolute Gasteiger partial charge is 0.317 e. The Balaban J connectivity index is 1.05. The summed E-state index contributed by atoms with van der Waals surface area (Å²) in [4.78, 5) is 145. The Bertz CT molecular complexity index is 3020. The maximum Gasteiger partial charge on any atom is 0.317 e. The molecule has 0 aliphatic carbocycles. The van der Waals surface area contributed by atoms with Crippen LogP contribution in [0.1, 0.15) is 48.0 Å². The first-order valence-corrected chi connectivity index (χ1v) is 32.4. The fourth-order valence-corrected chi connectivity index (χ4v) is 11.7. The van der Waals surface area contributed by atoms with Crippen molar-refractivity contribution in [3.05, 3.63) is 69.4 Å². The molecule has 3 aliphatic heterocycles. The van der Waals surface area contributed by atoms with Crippen LogP contribution in [0.4, 0.5) is 8.78 Å². The van der Waals surface area contributed by atoms with E-state index in [-0.39, 0.29) is 103 Å². The van der Waals surface area contributed by atoms with E-state index in [1.807, 2.05) is 34.1 Å². The molecule has 3 aromatic rings. The number of carboxylic acid groups (broad SMARTS) is 1. The SMILES string of the molecule is C#C[C@H]1CC(F)(F)CN1C(=O)CNC(=O)c1ccnc2ccc(OCCCN3CCN(C(=O)[C@H](CC(=O)OC)NC(=O)[C@H](CSCCNC(=O)CCCc4ccc(I)cc4)NC(=O)CN4CCN(COC=O)CCN(COC=O)CCN(CC(=O)O)CC4)CC3)cc12. The van der Waals surface area contributed by atoms with E-state index in [1.165, 1.54) is 24.0 Å². The summed E-state index contributed by atoms with van der Waals surface area (Å²) in [6.07, 6.45) is 7.90. The zero-order valence-electron chi connectivity index (χ0n) is 51.4.